The first-order chi connectivity index (χ1) is 7.59. The Bertz CT molecular complexity index is 474. The monoisotopic (exact) mass is 258 g/mol. The summed E-state index contributed by atoms with van der Waals surface area (Å²) in [7, 11) is -1.82. The molecule has 0 amide bonds. The summed E-state index contributed by atoms with van der Waals surface area (Å²) < 4.78 is 22.1. The van der Waals surface area contributed by atoms with Crippen molar-refractivity contribution >= 4 is 15.7 Å². The fraction of sp³-hybridized carbons (Fsp3) is 0.455. The second kappa shape index (κ2) is 4.64. The van der Waals surface area contributed by atoms with Gasteiger partial charge in [-0.25, -0.2) is 13.6 Å². The number of anilines is 1. The fourth-order valence-corrected chi connectivity index (χ4v) is 2.08. The summed E-state index contributed by atoms with van der Waals surface area (Å²) in [6, 6.07) is 6.22. The standard InChI is InChI=1S/C11H18N2O3S/c1-11(2,14)8-13(3)9-4-6-10(7-5-9)17(12,15)16/h4-7,14H,8H2,1-3H3,(H2,12,15,16). The Morgan fingerprint density at radius 1 is 1.29 bits per heavy atom. The van der Waals surface area contributed by atoms with Gasteiger partial charge in [-0.1, -0.05) is 0 Å². The van der Waals surface area contributed by atoms with Gasteiger partial charge >= 0.3 is 0 Å². The van der Waals surface area contributed by atoms with Crippen LogP contribution in [-0.2, 0) is 10.0 Å². The first-order valence-electron chi connectivity index (χ1n) is 5.16. The maximum absolute atomic E-state index is 11.1. The van der Waals surface area contributed by atoms with E-state index in [9.17, 15) is 13.5 Å². The molecule has 0 bridgehead atoms. The highest BCUT2D eigenvalue weighted by Gasteiger charge is 2.16. The van der Waals surface area contributed by atoms with Crippen LogP contribution in [0, 0.1) is 0 Å². The van der Waals surface area contributed by atoms with E-state index in [-0.39, 0.29) is 4.90 Å². The molecule has 1 aromatic rings. The van der Waals surface area contributed by atoms with Gasteiger partial charge in [-0.05, 0) is 38.1 Å². The lowest BCUT2D eigenvalue weighted by molar-refractivity contribution is 0.0886. The minimum atomic E-state index is -3.65. The van der Waals surface area contributed by atoms with Gasteiger partial charge in [-0.15, -0.1) is 0 Å². The van der Waals surface area contributed by atoms with Crippen molar-refractivity contribution < 1.29 is 13.5 Å². The van der Waals surface area contributed by atoms with Gasteiger partial charge in [0.1, 0.15) is 0 Å². The minimum Gasteiger partial charge on any atom is -0.389 e. The zero-order valence-electron chi connectivity index (χ0n) is 10.2. The summed E-state index contributed by atoms with van der Waals surface area (Å²) in [6.45, 7) is 3.87. The van der Waals surface area contributed by atoms with Crippen molar-refractivity contribution in [2.75, 3.05) is 18.5 Å². The molecule has 0 saturated heterocycles. The van der Waals surface area contributed by atoms with Crippen LogP contribution in [0.2, 0.25) is 0 Å². The van der Waals surface area contributed by atoms with Crippen LogP contribution in [0.5, 0.6) is 0 Å². The first-order valence-corrected chi connectivity index (χ1v) is 6.71. The van der Waals surface area contributed by atoms with E-state index in [0.717, 1.165) is 5.69 Å². The number of nitrogens with zero attached hydrogens (tertiary/aromatic N) is 1. The molecular weight excluding hydrogens is 240 g/mol. The Labute approximate surface area is 102 Å². The molecule has 0 heterocycles. The quantitative estimate of drug-likeness (QED) is 0.825. The summed E-state index contributed by atoms with van der Waals surface area (Å²) in [6.07, 6.45) is 0. The average molecular weight is 258 g/mol. The van der Waals surface area contributed by atoms with Crippen molar-refractivity contribution in [1.82, 2.24) is 0 Å². The normalized spacial score (nSPS) is 12.5. The highest BCUT2D eigenvalue weighted by Crippen LogP contribution is 2.17. The molecule has 17 heavy (non-hydrogen) atoms. The first kappa shape index (κ1) is 14.0. The van der Waals surface area contributed by atoms with Gasteiger partial charge in [0.15, 0.2) is 0 Å². The highest BCUT2D eigenvalue weighted by atomic mass is 32.2. The van der Waals surface area contributed by atoms with E-state index in [1.807, 2.05) is 11.9 Å². The molecule has 0 fully saturated rings. The van der Waals surface area contributed by atoms with Gasteiger partial charge in [-0.2, -0.15) is 0 Å². The van der Waals surface area contributed by atoms with Gasteiger partial charge in [0.2, 0.25) is 10.0 Å². The van der Waals surface area contributed by atoms with Crippen molar-refractivity contribution in [1.29, 1.82) is 0 Å². The van der Waals surface area contributed by atoms with Crippen LogP contribution in [0.15, 0.2) is 29.2 Å². The van der Waals surface area contributed by atoms with E-state index in [2.05, 4.69) is 0 Å². The number of rotatable bonds is 4. The summed E-state index contributed by atoms with van der Waals surface area (Å²) in [5.41, 5.74) is 0.00687. The third kappa shape index (κ3) is 4.33. The molecule has 0 atom stereocenters. The van der Waals surface area contributed by atoms with Crippen LogP contribution >= 0.6 is 0 Å². The lowest BCUT2D eigenvalue weighted by Crippen LogP contribution is -2.36. The maximum Gasteiger partial charge on any atom is 0.238 e. The zero-order chi connectivity index (χ0) is 13.3. The molecule has 0 aliphatic rings. The third-order valence-electron chi connectivity index (χ3n) is 2.23. The van der Waals surface area contributed by atoms with Crippen LogP contribution in [0.25, 0.3) is 0 Å². The Morgan fingerprint density at radius 2 is 1.76 bits per heavy atom. The van der Waals surface area contributed by atoms with Gasteiger partial charge in [0.05, 0.1) is 10.5 Å². The average Bonchev–Trinajstić information content (AvgIpc) is 2.14. The fourth-order valence-electron chi connectivity index (χ4n) is 1.56. The van der Waals surface area contributed by atoms with E-state index in [0.29, 0.717) is 6.54 Å². The van der Waals surface area contributed by atoms with E-state index in [1.54, 1.807) is 26.0 Å². The molecule has 3 N–H and O–H groups in total. The van der Waals surface area contributed by atoms with Gasteiger partial charge in [0, 0.05) is 19.3 Å². The zero-order valence-corrected chi connectivity index (χ0v) is 11.0. The number of sulfonamides is 1. The molecule has 0 aliphatic carbocycles. The number of nitrogens with two attached hydrogens (primary N) is 1. The van der Waals surface area contributed by atoms with Crippen LogP contribution in [-0.4, -0.2) is 32.7 Å². The van der Waals surface area contributed by atoms with Crippen LogP contribution in [0.4, 0.5) is 5.69 Å². The number of hydrogen-bond acceptors (Lipinski definition) is 4. The lowest BCUT2D eigenvalue weighted by Gasteiger charge is -2.27. The predicted octanol–water partition coefficient (Wildman–Crippen LogP) is 0.541. The molecule has 0 saturated carbocycles. The predicted molar refractivity (Wildman–Crippen MR) is 67.4 cm³/mol. The SMILES string of the molecule is CN(CC(C)(C)O)c1ccc(S(N)(=O)=O)cc1. The topological polar surface area (TPSA) is 83.6 Å². The summed E-state index contributed by atoms with van der Waals surface area (Å²) in [5, 5.41) is 14.7. The van der Waals surface area contributed by atoms with E-state index in [4.69, 9.17) is 5.14 Å². The third-order valence-corrected chi connectivity index (χ3v) is 3.16. The number of hydrogen-bond donors (Lipinski definition) is 2. The molecule has 0 unspecified atom stereocenters. The van der Waals surface area contributed by atoms with Crippen LogP contribution in [0.3, 0.4) is 0 Å². The van der Waals surface area contributed by atoms with Crippen molar-refractivity contribution in [3.05, 3.63) is 24.3 Å². The van der Waals surface area contributed by atoms with E-state index >= 15 is 0 Å². The van der Waals surface area contributed by atoms with Crippen molar-refractivity contribution in [2.24, 2.45) is 5.14 Å². The van der Waals surface area contributed by atoms with Gasteiger partial charge in [-0.3, -0.25) is 0 Å². The van der Waals surface area contributed by atoms with Gasteiger partial charge in [0.25, 0.3) is 0 Å². The largest absolute Gasteiger partial charge is 0.389 e. The number of primary sulfonamides is 1. The van der Waals surface area contributed by atoms with Crippen molar-refractivity contribution in [3.8, 4) is 0 Å². The molecule has 1 aromatic carbocycles. The van der Waals surface area contributed by atoms with E-state index < -0.39 is 15.6 Å². The second-order valence-corrected chi connectivity index (χ2v) is 6.27. The minimum absolute atomic E-state index is 0.0814. The number of aliphatic hydroxyl groups is 1. The summed E-state index contributed by atoms with van der Waals surface area (Å²) in [4.78, 5) is 1.92. The van der Waals surface area contributed by atoms with Crippen molar-refractivity contribution in [2.45, 2.75) is 24.3 Å². The molecular formula is C11H18N2O3S. The molecule has 6 heteroatoms. The Kier molecular flexibility index (Phi) is 3.81. The summed E-state index contributed by atoms with van der Waals surface area (Å²) in [5.74, 6) is 0. The summed E-state index contributed by atoms with van der Waals surface area (Å²) >= 11 is 0. The smallest absolute Gasteiger partial charge is 0.238 e. The van der Waals surface area contributed by atoms with Crippen LogP contribution in [0.1, 0.15) is 13.8 Å². The van der Waals surface area contributed by atoms with E-state index in [1.165, 1.54) is 12.1 Å². The second-order valence-electron chi connectivity index (χ2n) is 4.71. The molecule has 0 aliphatic heterocycles. The molecule has 0 radical (unpaired) electrons. The number of likely N-dealkylation sites (N-methyl/N-ethyl adjacent to an activating group) is 1. The molecule has 5 nitrogen and oxygen atoms in total. The Morgan fingerprint density at radius 3 is 2.12 bits per heavy atom. The molecule has 1 rings (SSSR count). The maximum atomic E-state index is 11.1. The molecule has 96 valence electrons. The lowest BCUT2D eigenvalue weighted by atomic mass is 10.1. The van der Waals surface area contributed by atoms with Crippen LogP contribution < -0.4 is 10.0 Å². The Balaban J connectivity index is 2.88. The highest BCUT2D eigenvalue weighted by molar-refractivity contribution is 7.89. The Hall–Kier alpha value is -1.11. The number of benzene rings is 1. The van der Waals surface area contributed by atoms with Crippen molar-refractivity contribution in [3.63, 3.8) is 0 Å². The molecule has 0 spiro atoms. The van der Waals surface area contributed by atoms with Gasteiger partial charge < -0.3 is 10.0 Å². The molecule has 0 aromatic heterocycles.